The summed E-state index contributed by atoms with van der Waals surface area (Å²) in [7, 11) is 0. The van der Waals surface area contributed by atoms with Gasteiger partial charge in [0.1, 0.15) is 0 Å². The van der Waals surface area contributed by atoms with Gasteiger partial charge in [-0.1, -0.05) is 20.4 Å². The van der Waals surface area contributed by atoms with Gasteiger partial charge in [-0.15, -0.1) is 0 Å². The second-order valence-corrected chi connectivity index (χ2v) is 4.18. The van der Waals surface area contributed by atoms with Crippen molar-refractivity contribution in [3.63, 3.8) is 0 Å². The minimum atomic E-state index is -0.159. The first-order chi connectivity index (χ1) is 6.00. The van der Waals surface area contributed by atoms with Gasteiger partial charge in [-0.25, -0.2) is 0 Å². The van der Waals surface area contributed by atoms with Crippen LogP contribution in [-0.2, 0) is 0 Å². The van der Waals surface area contributed by atoms with Crippen LogP contribution in [0.4, 0.5) is 0 Å². The number of rotatable bonds is 4. The third kappa shape index (κ3) is 2.62. The van der Waals surface area contributed by atoms with Gasteiger partial charge in [-0.3, -0.25) is 0 Å². The highest BCUT2D eigenvalue weighted by Crippen LogP contribution is 2.13. The van der Waals surface area contributed by atoms with Gasteiger partial charge >= 0.3 is 0 Å². The Morgan fingerprint density at radius 3 is 2.38 bits per heavy atom. The molecule has 1 fully saturated rings. The summed E-state index contributed by atoms with van der Waals surface area (Å²) in [5.74, 6) is 1.54. The Morgan fingerprint density at radius 2 is 2.00 bits per heavy atom. The molecule has 0 bridgehead atoms. The summed E-state index contributed by atoms with van der Waals surface area (Å²) in [4.78, 5) is 2.06. The maximum atomic E-state index is 9.10. The number of hydrogen-bond acceptors (Lipinski definition) is 3. The topological polar surface area (TPSA) is 35.5 Å². The zero-order chi connectivity index (χ0) is 10.0. The maximum absolute atomic E-state index is 9.10. The Bertz CT molecular complexity index is 185. The zero-order valence-corrected chi connectivity index (χ0v) is 8.75. The molecular formula is C10H20N2O. The van der Waals surface area contributed by atoms with E-state index in [-0.39, 0.29) is 6.10 Å². The van der Waals surface area contributed by atoms with Crippen molar-refractivity contribution in [3.05, 3.63) is 12.4 Å². The molecule has 0 unspecified atom stereocenters. The third-order valence-electron chi connectivity index (χ3n) is 2.64. The van der Waals surface area contributed by atoms with Crippen molar-refractivity contribution in [2.75, 3.05) is 13.1 Å². The van der Waals surface area contributed by atoms with Crippen LogP contribution in [0, 0.1) is 5.92 Å². The second-order valence-electron chi connectivity index (χ2n) is 4.18. The highest BCUT2D eigenvalue weighted by Gasteiger charge is 2.25. The lowest BCUT2D eigenvalue weighted by Crippen LogP contribution is -2.53. The van der Waals surface area contributed by atoms with E-state index in [1.165, 1.54) is 0 Å². The lowest BCUT2D eigenvalue weighted by molar-refractivity contribution is 0.0189. The number of nitrogens with one attached hydrogen (secondary N) is 1. The van der Waals surface area contributed by atoms with Gasteiger partial charge in [0, 0.05) is 19.1 Å². The van der Waals surface area contributed by atoms with E-state index in [4.69, 9.17) is 5.11 Å². The SMILES string of the molecule is C=C(N[C@H](C)C(C)C)N1CC(O)C1. The number of aliphatic hydroxyl groups is 1. The molecule has 3 heteroatoms. The van der Waals surface area contributed by atoms with Gasteiger partial charge < -0.3 is 15.3 Å². The van der Waals surface area contributed by atoms with E-state index < -0.39 is 0 Å². The highest BCUT2D eigenvalue weighted by molar-refractivity contribution is 5.00. The molecule has 76 valence electrons. The molecule has 0 amide bonds. The summed E-state index contributed by atoms with van der Waals surface area (Å²) in [5, 5.41) is 12.4. The van der Waals surface area contributed by atoms with Crippen molar-refractivity contribution in [2.24, 2.45) is 5.92 Å². The van der Waals surface area contributed by atoms with Crippen LogP contribution in [0.2, 0.25) is 0 Å². The van der Waals surface area contributed by atoms with E-state index in [1.807, 2.05) is 0 Å². The summed E-state index contributed by atoms with van der Waals surface area (Å²) in [6.45, 7) is 11.9. The molecule has 0 aliphatic carbocycles. The molecule has 1 aliphatic rings. The quantitative estimate of drug-likeness (QED) is 0.677. The Hall–Kier alpha value is -0.700. The molecule has 1 aliphatic heterocycles. The molecule has 0 aromatic rings. The van der Waals surface area contributed by atoms with E-state index in [0.29, 0.717) is 12.0 Å². The first kappa shape index (κ1) is 10.4. The Kier molecular flexibility index (Phi) is 3.20. The monoisotopic (exact) mass is 184 g/mol. The first-order valence-electron chi connectivity index (χ1n) is 4.89. The smallest absolute Gasteiger partial charge is 0.0942 e. The van der Waals surface area contributed by atoms with Gasteiger partial charge in [-0.2, -0.15) is 0 Å². The van der Waals surface area contributed by atoms with E-state index in [0.717, 1.165) is 18.9 Å². The van der Waals surface area contributed by atoms with Crippen molar-refractivity contribution in [1.82, 2.24) is 10.2 Å². The molecule has 1 heterocycles. The van der Waals surface area contributed by atoms with Gasteiger partial charge in [0.25, 0.3) is 0 Å². The molecule has 1 saturated heterocycles. The predicted molar refractivity (Wildman–Crippen MR) is 54.2 cm³/mol. The number of hydrogen-bond donors (Lipinski definition) is 2. The van der Waals surface area contributed by atoms with Crippen molar-refractivity contribution in [1.29, 1.82) is 0 Å². The Morgan fingerprint density at radius 1 is 1.46 bits per heavy atom. The molecule has 3 nitrogen and oxygen atoms in total. The molecule has 1 atom stereocenters. The summed E-state index contributed by atoms with van der Waals surface area (Å²) in [5.41, 5.74) is 0. The Labute approximate surface area is 80.4 Å². The molecule has 0 aromatic heterocycles. The number of aliphatic hydroxyl groups excluding tert-OH is 1. The number of nitrogens with zero attached hydrogens (tertiary/aromatic N) is 1. The van der Waals surface area contributed by atoms with Crippen molar-refractivity contribution < 1.29 is 5.11 Å². The minimum absolute atomic E-state index is 0.159. The van der Waals surface area contributed by atoms with E-state index in [1.54, 1.807) is 0 Å². The van der Waals surface area contributed by atoms with Gasteiger partial charge in [-0.05, 0) is 12.8 Å². The fourth-order valence-corrected chi connectivity index (χ4v) is 1.20. The van der Waals surface area contributed by atoms with Crippen LogP contribution in [0.25, 0.3) is 0 Å². The van der Waals surface area contributed by atoms with Crippen LogP contribution in [0.5, 0.6) is 0 Å². The normalized spacial score (nSPS) is 19.9. The molecule has 0 saturated carbocycles. The summed E-state index contributed by atoms with van der Waals surface area (Å²) >= 11 is 0. The van der Waals surface area contributed by atoms with Crippen LogP contribution >= 0.6 is 0 Å². The first-order valence-corrected chi connectivity index (χ1v) is 4.89. The molecule has 0 aromatic carbocycles. The molecule has 2 N–H and O–H groups in total. The predicted octanol–water partition coefficient (Wildman–Crippen LogP) is 0.768. The average Bonchev–Trinajstić information content (AvgIpc) is 1.98. The van der Waals surface area contributed by atoms with E-state index in [9.17, 15) is 0 Å². The minimum Gasteiger partial charge on any atom is -0.389 e. The van der Waals surface area contributed by atoms with Crippen molar-refractivity contribution in [2.45, 2.75) is 32.9 Å². The zero-order valence-electron chi connectivity index (χ0n) is 8.75. The summed E-state index contributed by atoms with van der Waals surface area (Å²) in [6, 6.07) is 0.435. The fraction of sp³-hybridized carbons (Fsp3) is 0.800. The van der Waals surface area contributed by atoms with Crippen LogP contribution in [0.3, 0.4) is 0 Å². The van der Waals surface area contributed by atoms with E-state index >= 15 is 0 Å². The Balaban J connectivity index is 2.25. The molecule has 0 radical (unpaired) electrons. The van der Waals surface area contributed by atoms with Crippen molar-refractivity contribution in [3.8, 4) is 0 Å². The maximum Gasteiger partial charge on any atom is 0.0942 e. The molecule has 1 rings (SSSR count). The number of likely N-dealkylation sites (tertiary alicyclic amines) is 1. The van der Waals surface area contributed by atoms with Gasteiger partial charge in [0.2, 0.25) is 0 Å². The number of β-amino-alcohol motifs (C(OH)–C–C–N with tert-alkyl or cyclic N) is 1. The second kappa shape index (κ2) is 4.01. The molecular weight excluding hydrogens is 164 g/mol. The highest BCUT2D eigenvalue weighted by atomic mass is 16.3. The van der Waals surface area contributed by atoms with Crippen LogP contribution < -0.4 is 5.32 Å². The molecule has 0 spiro atoms. The molecule has 13 heavy (non-hydrogen) atoms. The lowest BCUT2D eigenvalue weighted by Gasteiger charge is -2.40. The van der Waals surface area contributed by atoms with Gasteiger partial charge in [0.05, 0.1) is 11.9 Å². The van der Waals surface area contributed by atoms with Crippen LogP contribution in [0.1, 0.15) is 20.8 Å². The van der Waals surface area contributed by atoms with E-state index in [2.05, 4.69) is 37.6 Å². The summed E-state index contributed by atoms with van der Waals surface area (Å²) in [6.07, 6.45) is -0.159. The average molecular weight is 184 g/mol. The lowest BCUT2D eigenvalue weighted by atomic mass is 10.1. The largest absolute Gasteiger partial charge is 0.389 e. The van der Waals surface area contributed by atoms with Gasteiger partial charge in [0.15, 0.2) is 0 Å². The van der Waals surface area contributed by atoms with Crippen LogP contribution in [0.15, 0.2) is 12.4 Å². The fourth-order valence-electron chi connectivity index (χ4n) is 1.20. The van der Waals surface area contributed by atoms with Crippen molar-refractivity contribution >= 4 is 0 Å². The summed E-state index contributed by atoms with van der Waals surface area (Å²) < 4.78 is 0. The third-order valence-corrected chi connectivity index (χ3v) is 2.64. The standard InChI is InChI=1S/C10H20N2O/c1-7(2)8(3)11-9(4)12-5-10(13)6-12/h7-8,10-11,13H,4-6H2,1-3H3/t8-/m1/s1. The van der Waals surface area contributed by atoms with Crippen LogP contribution in [-0.4, -0.2) is 35.2 Å².